The molecule has 5 rings (SSSR count). The Morgan fingerprint density at radius 1 is 1.12 bits per heavy atom. The number of rotatable bonds is 3. The quantitative estimate of drug-likeness (QED) is 0.709. The van der Waals surface area contributed by atoms with E-state index in [9.17, 15) is 0 Å². The highest BCUT2D eigenvalue weighted by molar-refractivity contribution is 7.99. The molecule has 2 aliphatic heterocycles. The van der Waals surface area contributed by atoms with Crippen LogP contribution in [0.3, 0.4) is 0 Å². The van der Waals surface area contributed by atoms with Crippen molar-refractivity contribution in [3.8, 4) is 0 Å². The summed E-state index contributed by atoms with van der Waals surface area (Å²) in [6, 6.07) is 14.1. The smallest absolute Gasteiger partial charge is 0.221 e. The van der Waals surface area contributed by atoms with Gasteiger partial charge in [-0.2, -0.15) is 0 Å². The zero-order valence-electron chi connectivity index (χ0n) is 13.5. The molecule has 1 aromatic heterocycles. The van der Waals surface area contributed by atoms with E-state index in [1.807, 2.05) is 36.4 Å². The van der Waals surface area contributed by atoms with Crippen molar-refractivity contribution in [2.75, 3.05) is 11.1 Å². The van der Waals surface area contributed by atoms with E-state index in [4.69, 9.17) is 4.74 Å². The van der Waals surface area contributed by atoms with Gasteiger partial charge in [-0.3, -0.25) is 0 Å². The molecule has 3 heterocycles. The van der Waals surface area contributed by atoms with Crippen molar-refractivity contribution in [3.63, 3.8) is 0 Å². The Morgan fingerprint density at radius 3 is 2.96 bits per heavy atom. The van der Waals surface area contributed by atoms with Crippen LogP contribution >= 0.6 is 11.8 Å². The molecule has 0 saturated heterocycles. The molecule has 124 valence electrons. The number of hydrogen-bond donors (Lipinski definition) is 2. The summed E-state index contributed by atoms with van der Waals surface area (Å²) in [5.74, 6) is 1.17. The van der Waals surface area contributed by atoms with Crippen LogP contribution in [-0.2, 0) is 4.74 Å². The van der Waals surface area contributed by atoms with Gasteiger partial charge in [0, 0.05) is 11.3 Å². The van der Waals surface area contributed by atoms with Gasteiger partial charge in [0.1, 0.15) is 5.71 Å². The molecule has 2 aromatic carbocycles. The first kappa shape index (κ1) is 14.5. The molecule has 2 N–H and O–H groups in total. The highest BCUT2D eigenvalue weighted by Crippen LogP contribution is 2.32. The van der Waals surface area contributed by atoms with Crippen LogP contribution in [0.5, 0.6) is 0 Å². The summed E-state index contributed by atoms with van der Waals surface area (Å²) in [7, 11) is 0. The molecular formula is C18H15N5OS. The molecule has 7 heteroatoms. The van der Waals surface area contributed by atoms with E-state index in [-0.39, 0.29) is 6.23 Å². The fraction of sp³-hybridized carbons (Fsp3) is 0.167. The monoisotopic (exact) mass is 349 g/mol. The van der Waals surface area contributed by atoms with Crippen LogP contribution in [0.4, 0.5) is 5.69 Å². The summed E-state index contributed by atoms with van der Waals surface area (Å²) < 4.78 is 5.99. The van der Waals surface area contributed by atoms with Crippen molar-refractivity contribution in [1.29, 1.82) is 0 Å². The maximum atomic E-state index is 5.99. The molecule has 0 saturated carbocycles. The molecule has 3 aromatic rings. The van der Waals surface area contributed by atoms with Crippen LogP contribution in [0.15, 0.2) is 57.8 Å². The van der Waals surface area contributed by atoms with Crippen molar-refractivity contribution in [2.24, 2.45) is 10.2 Å². The Hall–Kier alpha value is -2.80. The maximum Gasteiger partial charge on any atom is 0.221 e. The van der Waals surface area contributed by atoms with Gasteiger partial charge in [0.2, 0.25) is 12.1 Å². The molecule has 2 aliphatic rings. The lowest BCUT2D eigenvalue weighted by molar-refractivity contribution is 0.276. The number of nitrogens with one attached hydrogen (secondary N) is 2. The standard InChI is InChI=1S/C18H15N5OS/c1-10-5-4-6-11-15(10)21-17-16(11)23-22-14(24-17)9-25-18-19-12-7-2-3-8-13(12)20-18/h2-8,17,21H,9H2,1H3,(H,19,20). The number of benzene rings is 2. The minimum atomic E-state index is -0.264. The number of aryl methyl sites for hydroxylation is 1. The van der Waals surface area contributed by atoms with Crippen molar-refractivity contribution in [2.45, 2.75) is 18.3 Å². The third-order valence-electron chi connectivity index (χ3n) is 4.30. The van der Waals surface area contributed by atoms with Crippen LogP contribution in [0.1, 0.15) is 11.1 Å². The second kappa shape index (κ2) is 5.63. The average Bonchev–Trinajstić information content (AvgIpc) is 3.21. The fourth-order valence-corrected chi connectivity index (χ4v) is 3.80. The molecule has 0 amide bonds. The van der Waals surface area contributed by atoms with E-state index in [0.717, 1.165) is 33.2 Å². The van der Waals surface area contributed by atoms with Gasteiger partial charge in [-0.25, -0.2) is 4.98 Å². The summed E-state index contributed by atoms with van der Waals surface area (Å²) in [5.41, 5.74) is 6.15. The highest BCUT2D eigenvalue weighted by atomic mass is 32.2. The summed E-state index contributed by atoms with van der Waals surface area (Å²) in [4.78, 5) is 7.85. The molecule has 1 unspecified atom stereocenters. The molecule has 0 aliphatic carbocycles. The molecule has 6 nitrogen and oxygen atoms in total. The lowest BCUT2D eigenvalue weighted by Gasteiger charge is -2.18. The number of aromatic nitrogens is 2. The number of fused-ring (bicyclic) bond motifs is 4. The Labute approximate surface area is 148 Å². The summed E-state index contributed by atoms with van der Waals surface area (Å²) in [6.07, 6.45) is -0.264. The largest absolute Gasteiger partial charge is 0.449 e. The number of ether oxygens (including phenoxy) is 1. The fourth-order valence-electron chi connectivity index (χ4n) is 3.07. The topological polar surface area (TPSA) is 74.7 Å². The lowest BCUT2D eigenvalue weighted by Crippen LogP contribution is -2.32. The first-order valence-electron chi connectivity index (χ1n) is 8.03. The van der Waals surface area contributed by atoms with Crippen molar-refractivity contribution >= 4 is 40.1 Å². The molecule has 1 atom stereocenters. The van der Waals surface area contributed by atoms with Gasteiger partial charge in [-0.05, 0) is 24.6 Å². The minimum absolute atomic E-state index is 0.264. The van der Waals surface area contributed by atoms with Crippen LogP contribution in [0, 0.1) is 6.92 Å². The van der Waals surface area contributed by atoms with Crippen LogP contribution in [-0.4, -0.2) is 33.6 Å². The first-order chi connectivity index (χ1) is 12.3. The maximum absolute atomic E-state index is 5.99. The summed E-state index contributed by atoms with van der Waals surface area (Å²) in [5, 5.41) is 12.9. The molecule has 25 heavy (non-hydrogen) atoms. The van der Waals surface area contributed by atoms with Crippen LogP contribution in [0.2, 0.25) is 0 Å². The van der Waals surface area contributed by atoms with E-state index in [1.54, 1.807) is 11.8 Å². The average molecular weight is 349 g/mol. The van der Waals surface area contributed by atoms with Crippen LogP contribution in [0.25, 0.3) is 11.0 Å². The van der Waals surface area contributed by atoms with E-state index in [0.29, 0.717) is 11.7 Å². The number of aromatic amines is 1. The van der Waals surface area contributed by atoms with Crippen molar-refractivity contribution in [1.82, 2.24) is 9.97 Å². The number of nitrogens with zero attached hydrogens (tertiary/aromatic N) is 3. The predicted molar refractivity (Wildman–Crippen MR) is 100 cm³/mol. The molecule has 0 fully saturated rings. The second-order valence-electron chi connectivity index (χ2n) is 5.97. The summed E-state index contributed by atoms with van der Waals surface area (Å²) >= 11 is 1.55. The first-order valence-corrected chi connectivity index (χ1v) is 9.01. The number of H-pyrrole nitrogens is 1. The van der Waals surface area contributed by atoms with E-state index >= 15 is 0 Å². The Balaban J connectivity index is 1.34. The Morgan fingerprint density at radius 2 is 2.04 bits per heavy atom. The van der Waals surface area contributed by atoms with Crippen LogP contribution < -0.4 is 5.32 Å². The normalized spacial score (nSPS) is 18.0. The van der Waals surface area contributed by atoms with Crippen molar-refractivity contribution < 1.29 is 4.74 Å². The molecular weight excluding hydrogens is 334 g/mol. The van der Waals surface area contributed by atoms with Gasteiger partial charge >= 0.3 is 0 Å². The van der Waals surface area contributed by atoms with E-state index in [2.05, 4.69) is 38.5 Å². The molecule has 0 spiro atoms. The van der Waals surface area contributed by atoms with Gasteiger partial charge in [0.05, 0.1) is 16.8 Å². The number of hydrogen-bond acceptors (Lipinski definition) is 6. The summed E-state index contributed by atoms with van der Waals surface area (Å²) in [6.45, 7) is 2.07. The van der Waals surface area contributed by atoms with Gasteiger partial charge in [-0.15, -0.1) is 10.2 Å². The Kier molecular flexibility index (Phi) is 3.27. The van der Waals surface area contributed by atoms with Gasteiger partial charge in [0.15, 0.2) is 5.16 Å². The highest BCUT2D eigenvalue weighted by Gasteiger charge is 2.33. The number of para-hydroxylation sites is 3. The third kappa shape index (κ3) is 2.47. The zero-order valence-corrected chi connectivity index (χ0v) is 14.3. The van der Waals surface area contributed by atoms with E-state index < -0.39 is 0 Å². The second-order valence-corrected chi connectivity index (χ2v) is 6.93. The number of thioether (sulfide) groups is 1. The SMILES string of the molecule is Cc1cccc2c1NC1OC(CSc3nc4ccccc4[nH]3)=NN=C21. The van der Waals surface area contributed by atoms with Crippen molar-refractivity contribution in [3.05, 3.63) is 53.6 Å². The molecule has 0 bridgehead atoms. The van der Waals surface area contributed by atoms with E-state index in [1.165, 1.54) is 5.56 Å². The van der Waals surface area contributed by atoms with Gasteiger partial charge < -0.3 is 15.0 Å². The number of anilines is 1. The minimum Gasteiger partial charge on any atom is -0.449 e. The number of imidazole rings is 1. The zero-order chi connectivity index (χ0) is 16.8. The predicted octanol–water partition coefficient (Wildman–Crippen LogP) is 3.55. The van der Waals surface area contributed by atoms with Gasteiger partial charge in [-0.1, -0.05) is 42.1 Å². The lowest BCUT2D eigenvalue weighted by atomic mass is 10.1. The third-order valence-corrected chi connectivity index (χ3v) is 5.15. The molecule has 0 radical (unpaired) electrons. The Bertz CT molecular complexity index is 1010. The van der Waals surface area contributed by atoms with Gasteiger partial charge in [0.25, 0.3) is 0 Å².